The highest BCUT2D eigenvalue weighted by Gasteiger charge is 2.34. The van der Waals surface area contributed by atoms with E-state index < -0.39 is 6.10 Å². The summed E-state index contributed by atoms with van der Waals surface area (Å²) in [6.07, 6.45) is 0.953. The minimum Gasteiger partial charge on any atom is -0.484 e. The van der Waals surface area contributed by atoms with Gasteiger partial charge in [-0.25, -0.2) is 0 Å². The van der Waals surface area contributed by atoms with Gasteiger partial charge in [0.1, 0.15) is 17.6 Å². The molecule has 0 aliphatic carbocycles. The largest absolute Gasteiger partial charge is 0.484 e. The average Bonchev–Trinajstić information content (AvgIpc) is 2.89. The Morgan fingerprint density at radius 3 is 2.95 bits per heavy atom. The van der Waals surface area contributed by atoms with Crippen molar-refractivity contribution in [1.82, 2.24) is 0 Å². The van der Waals surface area contributed by atoms with Crippen LogP contribution in [0.25, 0.3) is 0 Å². The summed E-state index contributed by atoms with van der Waals surface area (Å²) in [4.78, 5) is 0. The summed E-state index contributed by atoms with van der Waals surface area (Å²) in [6.45, 7) is 5.05. The molecule has 0 aromatic heterocycles. The Morgan fingerprint density at radius 2 is 2.23 bits per heavy atom. The SMILES string of the molecule is C=CCO[C@H]1c2ccc(OCOCCOC)cc2O[C@@H]1CO. The second-order valence-electron chi connectivity index (χ2n) is 4.74. The predicted octanol–water partition coefficient (Wildman–Crippen LogP) is 1.68. The van der Waals surface area contributed by atoms with Gasteiger partial charge in [-0.3, -0.25) is 0 Å². The first-order valence-electron chi connectivity index (χ1n) is 7.13. The van der Waals surface area contributed by atoms with Crippen LogP contribution in [0.4, 0.5) is 0 Å². The normalized spacial score (nSPS) is 19.5. The summed E-state index contributed by atoms with van der Waals surface area (Å²) in [6, 6.07) is 5.48. The Bertz CT molecular complexity index is 476. The molecular formula is C16H22O6. The number of hydrogen-bond donors (Lipinski definition) is 1. The molecule has 1 heterocycles. The molecule has 0 amide bonds. The van der Waals surface area contributed by atoms with Crippen molar-refractivity contribution in [2.45, 2.75) is 12.2 Å². The second kappa shape index (κ2) is 8.75. The quantitative estimate of drug-likeness (QED) is 0.403. The molecule has 0 spiro atoms. The van der Waals surface area contributed by atoms with Crippen LogP contribution in [0.15, 0.2) is 30.9 Å². The van der Waals surface area contributed by atoms with Crippen LogP contribution in [-0.2, 0) is 14.2 Å². The van der Waals surface area contributed by atoms with Crippen LogP contribution in [-0.4, -0.2) is 51.5 Å². The number of benzene rings is 1. The maximum atomic E-state index is 9.41. The van der Waals surface area contributed by atoms with Gasteiger partial charge in [0, 0.05) is 18.7 Å². The highest BCUT2D eigenvalue weighted by Crippen LogP contribution is 2.40. The number of fused-ring (bicyclic) bond motifs is 1. The van der Waals surface area contributed by atoms with Gasteiger partial charge in [-0.05, 0) is 12.1 Å². The lowest BCUT2D eigenvalue weighted by atomic mass is 10.1. The van der Waals surface area contributed by atoms with Crippen LogP contribution in [0, 0.1) is 0 Å². The average molecular weight is 310 g/mol. The Morgan fingerprint density at radius 1 is 1.36 bits per heavy atom. The van der Waals surface area contributed by atoms with Crippen molar-refractivity contribution in [3.8, 4) is 11.5 Å². The molecule has 2 rings (SSSR count). The summed E-state index contributed by atoms with van der Waals surface area (Å²) in [7, 11) is 1.62. The zero-order valence-electron chi connectivity index (χ0n) is 12.7. The molecule has 0 radical (unpaired) electrons. The van der Waals surface area contributed by atoms with Crippen molar-refractivity contribution in [1.29, 1.82) is 0 Å². The van der Waals surface area contributed by atoms with Gasteiger partial charge in [-0.1, -0.05) is 6.08 Å². The highest BCUT2D eigenvalue weighted by atomic mass is 16.7. The molecule has 1 aromatic rings. The minimum absolute atomic E-state index is 0.118. The van der Waals surface area contributed by atoms with E-state index >= 15 is 0 Å². The van der Waals surface area contributed by atoms with Gasteiger partial charge < -0.3 is 28.8 Å². The van der Waals surface area contributed by atoms with Crippen molar-refractivity contribution < 1.29 is 28.8 Å². The molecule has 1 aromatic carbocycles. The molecule has 1 aliphatic heterocycles. The fourth-order valence-electron chi connectivity index (χ4n) is 2.18. The lowest BCUT2D eigenvalue weighted by Crippen LogP contribution is -2.25. The molecule has 6 nitrogen and oxygen atoms in total. The van der Waals surface area contributed by atoms with E-state index in [1.54, 1.807) is 19.3 Å². The van der Waals surface area contributed by atoms with Crippen LogP contribution in [0.3, 0.4) is 0 Å². The van der Waals surface area contributed by atoms with Gasteiger partial charge >= 0.3 is 0 Å². The number of hydrogen-bond acceptors (Lipinski definition) is 6. The van der Waals surface area contributed by atoms with Crippen LogP contribution in [0.2, 0.25) is 0 Å². The first kappa shape index (κ1) is 16.8. The number of rotatable bonds is 10. The number of ether oxygens (including phenoxy) is 5. The third-order valence-electron chi connectivity index (χ3n) is 3.22. The van der Waals surface area contributed by atoms with Crippen LogP contribution in [0.1, 0.15) is 11.7 Å². The lowest BCUT2D eigenvalue weighted by Gasteiger charge is -2.16. The minimum atomic E-state index is -0.414. The van der Waals surface area contributed by atoms with Crippen LogP contribution >= 0.6 is 0 Å². The predicted molar refractivity (Wildman–Crippen MR) is 80.2 cm³/mol. The third kappa shape index (κ3) is 4.20. The van der Waals surface area contributed by atoms with Crippen molar-refractivity contribution in [2.24, 2.45) is 0 Å². The van der Waals surface area contributed by atoms with E-state index in [1.807, 2.05) is 12.1 Å². The Hall–Kier alpha value is -1.60. The lowest BCUT2D eigenvalue weighted by molar-refractivity contribution is -0.0155. The van der Waals surface area contributed by atoms with Gasteiger partial charge in [0.2, 0.25) is 0 Å². The van der Waals surface area contributed by atoms with Crippen molar-refractivity contribution in [3.05, 3.63) is 36.4 Å². The molecule has 0 saturated heterocycles. The Kier molecular flexibility index (Phi) is 6.67. The molecule has 0 bridgehead atoms. The maximum Gasteiger partial charge on any atom is 0.189 e. The number of aliphatic hydroxyl groups excluding tert-OH is 1. The van der Waals surface area contributed by atoms with E-state index in [1.165, 1.54) is 0 Å². The second-order valence-corrected chi connectivity index (χ2v) is 4.74. The molecular weight excluding hydrogens is 288 g/mol. The molecule has 0 unspecified atom stereocenters. The summed E-state index contributed by atoms with van der Waals surface area (Å²) in [5.74, 6) is 1.29. The molecule has 1 aliphatic rings. The maximum absolute atomic E-state index is 9.41. The smallest absolute Gasteiger partial charge is 0.189 e. The van der Waals surface area contributed by atoms with Gasteiger partial charge in [-0.2, -0.15) is 0 Å². The van der Waals surface area contributed by atoms with E-state index in [0.717, 1.165) is 5.56 Å². The Labute approximate surface area is 130 Å². The monoisotopic (exact) mass is 310 g/mol. The molecule has 0 saturated carbocycles. The summed E-state index contributed by atoms with van der Waals surface area (Å²) in [5.41, 5.74) is 0.897. The first-order chi connectivity index (χ1) is 10.8. The summed E-state index contributed by atoms with van der Waals surface area (Å²) >= 11 is 0. The third-order valence-corrected chi connectivity index (χ3v) is 3.22. The number of aliphatic hydroxyl groups is 1. The molecule has 22 heavy (non-hydrogen) atoms. The fourth-order valence-corrected chi connectivity index (χ4v) is 2.18. The van der Waals surface area contributed by atoms with Crippen molar-refractivity contribution in [3.63, 3.8) is 0 Å². The number of methoxy groups -OCH3 is 1. The van der Waals surface area contributed by atoms with Gasteiger partial charge in [0.05, 0.1) is 26.4 Å². The fraction of sp³-hybridized carbons (Fsp3) is 0.500. The first-order valence-corrected chi connectivity index (χ1v) is 7.13. The standard InChI is InChI=1S/C16H22O6/c1-3-6-20-16-13-5-4-12(21-11-19-8-7-18-2)9-14(13)22-15(16)10-17/h3-5,9,15-17H,1,6-8,10-11H2,2H3/t15-,16+/m1/s1. The van der Waals surface area contributed by atoms with Gasteiger partial charge in [0.25, 0.3) is 0 Å². The van der Waals surface area contributed by atoms with E-state index in [9.17, 15) is 5.11 Å². The van der Waals surface area contributed by atoms with Crippen LogP contribution < -0.4 is 9.47 Å². The zero-order chi connectivity index (χ0) is 15.8. The van der Waals surface area contributed by atoms with E-state index in [2.05, 4.69) is 6.58 Å². The molecule has 0 fully saturated rings. The van der Waals surface area contributed by atoms with Gasteiger partial charge in [-0.15, -0.1) is 6.58 Å². The Balaban J connectivity index is 1.95. The highest BCUT2D eigenvalue weighted by molar-refractivity contribution is 5.45. The summed E-state index contributed by atoms with van der Waals surface area (Å²) in [5, 5.41) is 9.41. The van der Waals surface area contributed by atoms with Crippen LogP contribution in [0.5, 0.6) is 11.5 Å². The van der Waals surface area contributed by atoms with Crippen molar-refractivity contribution >= 4 is 0 Å². The molecule has 122 valence electrons. The molecule has 6 heteroatoms. The van der Waals surface area contributed by atoms with E-state index in [4.69, 9.17) is 23.7 Å². The molecule has 2 atom stereocenters. The molecule has 1 N–H and O–H groups in total. The van der Waals surface area contributed by atoms with Gasteiger partial charge in [0.15, 0.2) is 12.9 Å². The van der Waals surface area contributed by atoms with E-state index in [-0.39, 0.29) is 19.5 Å². The van der Waals surface area contributed by atoms with Crippen molar-refractivity contribution in [2.75, 3.05) is 40.3 Å². The zero-order valence-corrected chi connectivity index (χ0v) is 12.7. The van der Waals surface area contributed by atoms with E-state index in [0.29, 0.717) is 31.3 Å². The topological polar surface area (TPSA) is 66.4 Å². The summed E-state index contributed by atoms with van der Waals surface area (Å²) < 4.78 is 27.0.